The van der Waals surface area contributed by atoms with Crippen LogP contribution in [0.1, 0.15) is 40.5 Å². The van der Waals surface area contributed by atoms with Crippen LogP contribution in [0.15, 0.2) is 82.2 Å². The van der Waals surface area contributed by atoms with Gasteiger partial charge in [0.15, 0.2) is 0 Å². The normalized spacial score (nSPS) is 22.8. The van der Waals surface area contributed by atoms with Crippen LogP contribution >= 0.6 is 0 Å². The van der Waals surface area contributed by atoms with Crippen LogP contribution in [0.4, 0.5) is 0 Å². The Bertz CT molecular complexity index is 645. The molecule has 0 aromatic carbocycles. The van der Waals surface area contributed by atoms with Crippen LogP contribution in [-0.2, 0) is 0 Å². The number of hydrogen-bond acceptors (Lipinski definition) is 1. The Kier molecular flexibility index (Phi) is 5.43. The minimum absolute atomic E-state index is 0.255. The zero-order chi connectivity index (χ0) is 16.1. The van der Waals surface area contributed by atoms with E-state index in [9.17, 15) is 5.11 Å². The molecule has 0 spiro atoms. The summed E-state index contributed by atoms with van der Waals surface area (Å²) in [5.41, 5.74) is 6.40. The van der Waals surface area contributed by atoms with Gasteiger partial charge in [-0.1, -0.05) is 76.6 Å². The summed E-state index contributed by atoms with van der Waals surface area (Å²) in [6.45, 7) is 8.25. The van der Waals surface area contributed by atoms with Crippen molar-refractivity contribution in [1.82, 2.24) is 0 Å². The minimum Gasteiger partial charge on any atom is -0.508 e. The van der Waals surface area contributed by atoms with Gasteiger partial charge in [-0.05, 0) is 34.8 Å². The van der Waals surface area contributed by atoms with Crippen LogP contribution in [0.2, 0.25) is 0 Å². The van der Waals surface area contributed by atoms with E-state index in [2.05, 4.69) is 50.3 Å². The van der Waals surface area contributed by atoms with E-state index in [-0.39, 0.29) is 5.92 Å². The molecule has 1 unspecified atom stereocenters. The molecule has 0 fully saturated rings. The topological polar surface area (TPSA) is 20.2 Å². The lowest BCUT2D eigenvalue weighted by Crippen LogP contribution is -2.22. The molecule has 4 aliphatic rings. The fraction of sp³-hybridized carbons (Fsp3) is 0.333. The molecule has 0 radical (unpaired) electrons. The van der Waals surface area contributed by atoms with Gasteiger partial charge in [-0.2, -0.15) is 0 Å². The minimum atomic E-state index is 0.255. The van der Waals surface area contributed by atoms with Gasteiger partial charge in [0.25, 0.3) is 0 Å². The fourth-order valence-electron chi connectivity index (χ4n) is 3.08. The molecule has 0 aromatic rings. The number of aliphatic hydroxyl groups excluding tert-OH is 1. The molecule has 0 aromatic heterocycles. The first-order valence-electron chi connectivity index (χ1n) is 8.37. The third-order valence-corrected chi connectivity index (χ3v) is 3.87. The second-order valence-electron chi connectivity index (χ2n) is 5.48. The van der Waals surface area contributed by atoms with E-state index in [1.54, 1.807) is 6.08 Å². The number of allylic oxidation sites excluding steroid dienone is 13. The van der Waals surface area contributed by atoms with Crippen molar-refractivity contribution in [3.8, 4) is 0 Å². The van der Waals surface area contributed by atoms with Gasteiger partial charge in [0.2, 0.25) is 0 Å². The molecule has 116 valence electrons. The molecular formula is C21H26O. The van der Waals surface area contributed by atoms with Crippen LogP contribution in [0.5, 0.6) is 0 Å². The van der Waals surface area contributed by atoms with E-state index in [4.69, 9.17) is 0 Å². The maximum atomic E-state index is 9.98. The van der Waals surface area contributed by atoms with Crippen molar-refractivity contribution in [3.05, 3.63) is 82.2 Å². The average molecular weight is 294 g/mol. The summed E-state index contributed by atoms with van der Waals surface area (Å²) >= 11 is 0. The highest BCUT2D eigenvalue weighted by Gasteiger charge is 2.34. The van der Waals surface area contributed by atoms with Crippen molar-refractivity contribution in [2.45, 2.75) is 40.5 Å². The lowest BCUT2D eigenvalue weighted by molar-refractivity contribution is 0.411. The number of rotatable bonds is 0. The Morgan fingerprint density at radius 2 is 1.73 bits per heavy atom. The smallest absolute Gasteiger partial charge is 0.119 e. The summed E-state index contributed by atoms with van der Waals surface area (Å²) in [4.78, 5) is 0. The van der Waals surface area contributed by atoms with Gasteiger partial charge in [0.1, 0.15) is 5.76 Å². The Hall–Kier alpha value is -2.02. The molecule has 4 rings (SSSR count). The maximum Gasteiger partial charge on any atom is 0.119 e. The molecule has 1 atom stereocenters. The summed E-state index contributed by atoms with van der Waals surface area (Å²) in [6, 6.07) is 0. The Morgan fingerprint density at radius 3 is 2.45 bits per heavy atom. The first-order valence-corrected chi connectivity index (χ1v) is 8.37. The van der Waals surface area contributed by atoms with Crippen molar-refractivity contribution < 1.29 is 5.11 Å². The Balaban J connectivity index is 0.000000319. The second-order valence-corrected chi connectivity index (χ2v) is 5.48. The standard InChI is InChI=1S/C16H12O.C3H8.C2H6/c17-14-9-7-12-5-4-10-2-1-3-11-6-8-13(14)16(12)15(10)11;1-3-2;1-2/h1-2,4-9,16-17H,3H2;3H2,1-2H3;1-2H3. The molecule has 22 heavy (non-hydrogen) atoms. The summed E-state index contributed by atoms with van der Waals surface area (Å²) in [7, 11) is 0. The predicted molar refractivity (Wildman–Crippen MR) is 95.7 cm³/mol. The van der Waals surface area contributed by atoms with Crippen molar-refractivity contribution in [1.29, 1.82) is 0 Å². The van der Waals surface area contributed by atoms with Gasteiger partial charge in [0.05, 0.1) is 0 Å². The molecule has 0 heterocycles. The van der Waals surface area contributed by atoms with Crippen molar-refractivity contribution >= 4 is 0 Å². The third kappa shape index (κ3) is 2.81. The summed E-state index contributed by atoms with van der Waals surface area (Å²) in [6.07, 6.45) is 19.0. The average Bonchev–Trinajstić information content (AvgIpc) is 2.57. The predicted octanol–water partition coefficient (Wildman–Crippen LogP) is 6.12. The third-order valence-electron chi connectivity index (χ3n) is 3.87. The van der Waals surface area contributed by atoms with E-state index < -0.39 is 0 Å². The van der Waals surface area contributed by atoms with Gasteiger partial charge in [-0.3, -0.25) is 0 Å². The Morgan fingerprint density at radius 1 is 1.00 bits per heavy atom. The molecule has 1 N–H and O–H groups in total. The Labute approximate surface area is 134 Å². The highest BCUT2D eigenvalue weighted by molar-refractivity contribution is 5.67. The van der Waals surface area contributed by atoms with Gasteiger partial charge in [0, 0.05) is 11.5 Å². The highest BCUT2D eigenvalue weighted by atomic mass is 16.3. The molecule has 0 aliphatic heterocycles. The fourth-order valence-corrected chi connectivity index (χ4v) is 3.08. The van der Waals surface area contributed by atoms with Gasteiger partial charge in [-0.15, -0.1) is 0 Å². The molecule has 0 bridgehead atoms. The van der Waals surface area contributed by atoms with Crippen molar-refractivity contribution in [2.75, 3.05) is 0 Å². The van der Waals surface area contributed by atoms with Gasteiger partial charge >= 0.3 is 0 Å². The first-order chi connectivity index (χ1) is 10.8. The van der Waals surface area contributed by atoms with Gasteiger partial charge in [-0.25, -0.2) is 0 Å². The first kappa shape index (κ1) is 16.4. The van der Waals surface area contributed by atoms with Crippen molar-refractivity contribution in [3.63, 3.8) is 0 Å². The van der Waals surface area contributed by atoms with E-state index in [1.165, 1.54) is 28.7 Å². The van der Waals surface area contributed by atoms with Crippen LogP contribution in [0, 0.1) is 5.92 Å². The summed E-state index contributed by atoms with van der Waals surface area (Å²) in [5.74, 6) is 0.663. The largest absolute Gasteiger partial charge is 0.508 e. The van der Waals surface area contributed by atoms with E-state index >= 15 is 0 Å². The van der Waals surface area contributed by atoms with Crippen LogP contribution in [0.3, 0.4) is 0 Å². The summed E-state index contributed by atoms with van der Waals surface area (Å²) in [5, 5.41) is 9.98. The highest BCUT2D eigenvalue weighted by Crippen LogP contribution is 2.47. The van der Waals surface area contributed by atoms with E-state index in [1.807, 2.05) is 19.9 Å². The van der Waals surface area contributed by atoms with Gasteiger partial charge < -0.3 is 5.11 Å². The summed E-state index contributed by atoms with van der Waals surface area (Å²) < 4.78 is 0. The molecule has 1 nitrogen and oxygen atoms in total. The van der Waals surface area contributed by atoms with Crippen LogP contribution in [-0.4, -0.2) is 5.11 Å². The number of hydrogen-bond donors (Lipinski definition) is 1. The lowest BCUT2D eigenvalue weighted by Gasteiger charge is -2.35. The molecule has 0 saturated heterocycles. The molecule has 0 amide bonds. The molecular weight excluding hydrogens is 268 g/mol. The van der Waals surface area contributed by atoms with Crippen LogP contribution in [0.25, 0.3) is 0 Å². The van der Waals surface area contributed by atoms with Crippen molar-refractivity contribution in [2.24, 2.45) is 5.92 Å². The zero-order valence-electron chi connectivity index (χ0n) is 14.1. The number of aliphatic hydroxyl groups is 1. The molecule has 1 heteroatoms. The zero-order valence-corrected chi connectivity index (χ0v) is 14.1. The second kappa shape index (κ2) is 7.31. The van der Waals surface area contributed by atoms with E-state index in [0.717, 1.165) is 12.0 Å². The van der Waals surface area contributed by atoms with Crippen LogP contribution < -0.4 is 0 Å². The maximum absolute atomic E-state index is 9.98. The van der Waals surface area contributed by atoms with E-state index in [0.29, 0.717) is 5.76 Å². The SMILES string of the molecule is CC.CCC.OC1=CC=C2C=CC3=C4C(=CC=C1C24)CC=C3. The molecule has 4 aliphatic carbocycles. The quantitative estimate of drug-likeness (QED) is 0.570. The lowest BCUT2D eigenvalue weighted by atomic mass is 9.69. The monoisotopic (exact) mass is 294 g/mol. The molecule has 0 saturated carbocycles.